The number of hydrogen-bond donors (Lipinski definition) is 3. The van der Waals surface area contributed by atoms with Crippen molar-refractivity contribution in [2.24, 2.45) is 11.6 Å². The molecule has 9 heteroatoms. The van der Waals surface area contributed by atoms with E-state index < -0.39 is 8.25 Å². The molecule has 0 aliphatic rings. The van der Waals surface area contributed by atoms with E-state index in [0.29, 0.717) is 19.6 Å². The van der Waals surface area contributed by atoms with Crippen molar-refractivity contribution in [3.05, 3.63) is 0 Å². The van der Waals surface area contributed by atoms with Gasteiger partial charge in [0, 0.05) is 19.6 Å². The van der Waals surface area contributed by atoms with Crippen LogP contribution in [-0.2, 0) is 9.19 Å². The molecule has 1 unspecified atom stereocenters. The molecule has 0 rings (SSSR count). The standard InChI is InChI=1S/C4H13N4O3P.Na/c5-1-2-7-3-4-8(6)11-12(9)10;/h7H,1-6H2;/q;+1. The maximum absolute atomic E-state index is 9.95. The third-order valence-electron chi connectivity index (χ3n) is 1.00. The molecule has 0 heterocycles. The Morgan fingerprint density at radius 2 is 2.15 bits per heavy atom. The molecule has 0 fully saturated rings. The van der Waals surface area contributed by atoms with E-state index in [1.54, 1.807) is 0 Å². The van der Waals surface area contributed by atoms with E-state index in [1.165, 1.54) is 0 Å². The Labute approximate surface area is 99.9 Å². The van der Waals surface area contributed by atoms with Gasteiger partial charge in [-0.15, -0.1) is 0 Å². The van der Waals surface area contributed by atoms with Crippen LogP contribution in [0, 0.1) is 0 Å². The number of nitrogens with one attached hydrogen (secondary N) is 1. The number of nitrogens with two attached hydrogens (primary N) is 2. The van der Waals surface area contributed by atoms with Gasteiger partial charge in [0.1, 0.15) is 0 Å². The van der Waals surface area contributed by atoms with Crippen molar-refractivity contribution < 1.29 is 43.6 Å². The van der Waals surface area contributed by atoms with E-state index in [4.69, 9.17) is 11.6 Å². The summed E-state index contributed by atoms with van der Waals surface area (Å²) in [6.07, 6.45) is 0. The van der Waals surface area contributed by atoms with Crippen LogP contribution in [0.1, 0.15) is 0 Å². The molecule has 0 amide bonds. The zero-order valence-corrected chi connectivity index (χ0v) is 10.5. The van der Waals surface area contributed by atoms with E-state index in [2.05, 4.69) is 9.94 Å². The molecule has 0 saturated heterocycles. The van der Waals surface area contributed by atoms with Crippen molar-refractivity contribution in [1.82, 2.24) is 10.5 Å². The Balaban J connectivity index is 0. The molecule has 0 saturated carbocycles. The zero-order valence-electron chi connectivity index (χ0n) is 7.60. The summed E-state index contributed by atoms with van der Waals surface area (Å²) < 4.78 is 14.1. The zero-order chi connectivity index (χ0) is 9.40. The summed E-state index contributed by atoms with van der Waals surface area (Å²) in [6.45, 7) is 2.00. The second kappa shape index (κ2) is 10.9. The number of hydrogen-bond acceptors (Lipinski definition) is 7. The number of nitrogens with zero attached hydrogens (tertiary/aromatic N) is 1. The largest absolute Gasteiger partial charge is 1.00 e. The third kappa shape index (κ3) is 12.9. The van der Waals surface area contributed by atoms with Gasteiger partial charge in [0.15, 0.2) is 0 Å². The number of hydroxylamine groups is 1. The summed E-state index contributed by atoms with van der Waals surface area (Å²) >= 11 is 0. The number of hydrazine groups is 1. The summed E-state index contributed by atoms with van der Waals surface area (Å²) in [4.78, 5) is 9.95. The normalized spacial score (nSPS) is 11.2. The van der Waals surface area contributed by atoms with Gasteiger partial charge in [0.2, 0.25) is 0 Å². The van der Waals surface area contributed by atoms with Crippen LogP contribution in [0.25, 0.3) is 0 Å². The molecule has 0 aromatic carbocycles. The molecule has 0 aliphatic heterocycles. The molecule has 0 radical (unpaired) electrons. The second-order valence-corrected chi connectivity index (χ2v) is 2.60. The number of rotatable bonds is 7. The minimum atomic E-state index is -2.92. The van der Waals surface area contributed by atoms with Crippen molar-refractivity contribution in [2.75, 3.05) is 26.2 Å². The average Bonchev–Trinajstić information content (AvgIpc) is 1.97. The summed E-state index contributed by atoms with van der Waals surface area (Å²) in [5.41, 5.74) is 5.19. The first-order valence-electron chi connectivity index (χ1n) is 3.42. The first-order valence-corrected chi connectivity index (χ1v) is 4.52. The van der Waals surface area contributed by atoms with Gasteiger partial charge in [-0.3, -0.25) is 0 Å². The molecule has 0 bridgehead atoms. The smallest absolute Gasteiger partial charge is 0.565 e. The fourth-order valence-corrected chi connectivity index (χ4v) is 0.796. The van der Waals surface area contributed by atoms with Gasteiger partial charge < -0.3 is 15.9 Å². The Morgan fingerprint density at radius 1 is 1.54 bits per heavy atom. The monoisotopic (exact) mass is 219 g/mol. The van der Waals surface area contributed by atoms with Gasteiger partial charge in [0.25, 0.3) is 0 Å². The van der Waals surface area contributed by atoms with Gasteiger partial charge in [-0.25, -0.2) is 5.84 Å². The van der Waals surface area contributed by atoms with Gasteiger partial charge in [-0.05, 0) is 9.19 Å². The summed E-state index contributed by atoms with van der Waals surface area (Å²) in [5, 5.41) is 3.66. The Kier molecular flexibility index (Phi) is 13.7. The van der Waals surface area contributed by atoms with Gasteiger partial charge >= 0.3 is 37.8 Å². The fourth-order valence-electron chi connectivity index (χ4n) is 0.543. The molecule has 1 atom stereocenters. The molecule has 13 heavy (non-hydrogen) atoms. The molecule has 5 N–H and O–H groups in total. The van der Waals surface area contributed by atoms with Crippen LogP contribution in [0.4, 0.5) is 0 Å². The topological polar surface area (TPSA) is 117 Å². The summed E-state index contributed by atoms with van der Waals surface area (Å²) in [5.74, 6) is 5.11. The van der Waals surface area contributed by atoms with Crippen LogP contribution in [-0.4, -0.2) is 31.4 Å². The Bertz CT molecular complexity index is 141. The maximum atomic E-state index is 9.95. The minimum Gasteiger partial charge on any atom is -0.565 e. The van der Waals surface area contributed by atoms with Crippen molar-refractivity contribution in [3.8, 4) is 0 Å². The SMILES string of the molecule is NCCNCCN(N)O[P+](=O)[O-].[Na+]. The predicted molar refractivity (Wildman–Crippen MR) is 41.5 cm³/mol. The van der Waals surface area contributed by atoms with E-state index in [-0.39, 0.29) is 36.1 Å². The van der Waals surface area contributed by atoms with E-state index >= 15 is 0 Å². The summed E-state index contributed by atoms with van der Waals surface area (Å²) in [7, 11) is -2.92. The molecule has 0 spiro atoms. The van der Waals surface area contributed by atoms with E-state index in [9.17, 15) is 9.46 Å². The molecule has 7 nitrogen and oxygen atoms in total. The van der Waals surface area contributed by atoms with Crippen LogP contribution < -0.4 is 51.3 Å². The van der Waals surface area contributed by atoms with Crippen molar-refractivity contribution >= 4 is 8.25 Å². The maximum Gasteiger partial charge on any atom is 1.00 e. The van der Waals surface area contributed by atoms with Crippen LogP contribution in [0.15, 0.2) is 0 Å². The average molecular weight is 219 g/mol. The van der Waals surface area contributed by atoms with Crippen LogP contribution in [0.2, 0.25) is 0 Å². The third-order valence-corrected chi connectivity index (χ3v) is 1.34. The van der Waals surface area contributed by atoms with E-state index in [1.807, 2.05) is 0 Å². The van der Waals surface area contributed by atoms with Crippen LogP contribution >= 0.6 is 8.25 Å². The molecule has 0 aromatic rings. The van der Waals surface area contributed by atoms with Gasteiger partial charge in [-0.2, -0.15) is 0 Å². The summed E-state index contributed by atoms with van der Waals surface area (Å²) in [6, 6.07) is 0. The minimum absolute atomic E-state index is 0. The molecular weight excluding hydrogens is 206 g/mol. The second-order valence-electron chi connectivity index (χ2n) is 1.98. The van der Waals surface area contributed by atoms with Gasteiger partial charge in [0.05, 0.1) is 6.54 Å². The van der Waals surface area contributed by atoms with Crippen LogP contribution in [0.5, 0.6) is 0 Å². The molecular formula is C4H13N4NaO3P+. The van der Waals surface area contributed by atoms with E-state index in [0.717, 1.165) is 5.17 Å². The molecule has 72 valence electrons. The first-order chi connectivity index (χ1) is 5.66. The fraction of sp³-hybridized carbons (Fsp3) is 1.00. The predicted octanol–water partition coefficient (Wildman–Crippen LogP) is -5.34. The van der Waals surface area contributed by atoms with Crippen molar-refractivity contribution in [3.63, 3.8) is 0 Å². The quantitative estimate of drug-likeness (QED) is 0.129. The molecule has 0 aliphatic carbocycles. The Hall–Kier alpha value is 0.860. The van der Waals surface area contributed by atoms with Crippen molar-refractivity contribution in [2.45, 2.75) is 0 Å². The van der Waals surface area contributed by atoms with Gasteiger partial charge in [-0.1, -0.05) is 5.17 Å². The first kappa shape index (κ1) is 16.3. The van der Waals surface area contributed by atoms with Crippen LogP contribution in [0.3, 0.4) is 0 Å². The molecule has 0 aromatic heterocycles. The van der Waals surface area contributed by atoms with Crippen molar-refractivity contribution in [1.29, 1.82) is 0 Å². The Morgan fingerprint density at radius 3 is 2.62 bits per heavy atom.